The maximum Gasteiger partial charge on any atom is 0.124 e. The molecule has 1 aliphatic rings. The topological polar surface area (TPSA) is 21.7 Å². The summed E-state index contributed by atoms with van der Waals surface area (Å²) in [6.45, 7) is 6.22. The minimum absolute atomic E-state index is 0.497. The van der Waals surface area contributed by atoms with Gasteiger partial charge < -0.3 is 14.4 Å². The zero-order valence-electron chi connectivity index (χ0n) is 11.1. The van der Waals surface area contributed by atoms with Crippen LogP contribution in [0.2, 0.25) is 0 Å². The Hall–Kier alpha value is -1.22. The van der Waals surface area contributed by atoms with Crippen molar-refractivity contribution in [2.45, 2.75) is 25.8 Å². The van der Waals surface area contributed by atoms with E-state index in [1.807, 2.05) is 6.07 Å². The smallest absolute Gasteiger partial charge is 0.124 e. The molecule has 2 atom stereocenters. The number of anilines is 1. The fourth-order valence-electron chi connectivity index (χ4n) is 2.66. The molecule has 2 rings (SSSR count). The first-order valence-electron chi connectivity index (χ1n) is 6.13. The lowest BCUT2D eigenvalue weighted by Gasteiger charge is -2.25. The summed E-state index contributed by atoms with van der Waals surface area (Å²) in [7, 11) is 3.49. The third-order valence-electron chi connectivity index (χ3n) is 3.78. The molecular weight excluding hydrogens is 214 g/mol. The van der Waals surface area contributed by atoms with Crippen LogP contribution < -0.4 is 9.64 Å². The minimum atomic E-state index is 0.497. The van der Waals surface area contributed by atoms with E-state index in [4.69, 9.17) is 9.47 Å². The molecule has 0 spiro atoms. The standard InChI is InChI=1S/C14H21NO2/c1-10-11(2)15(8-9-16-3)12-6-5-7-13(17-4)14(10)12/h5-7,10-11H,8-9H2,1-4H3. The third kappa shape index (κ3) is 2.00. The van der Waals surface area contributed by atoms with Gasteiger partial charge in [-0.3, -0.25) is 0 Å². The molecule has 0 saturated heterocycles. The molecule has 0 N–H and O–H groups in total. The van der Waals surface area contributed by atoms with Crippen molar-refractivity contribution in [2.75, 3.05) is 32.3 Å². The van der Waals surface area contributed by atoms with E-state index in [1.165, 1.54) is 11.3 Å². The van der Waals surface area contributed by atoms with Crippen LogP contribution in [0.4, 0.5) is 5.69 Å². The minimum Gasteiger partial charge on any atom is -0.496 e. The Balaban J connectivity index is 2.36. The molecule has 1 aromatic rings. The molecule has 0 aromatic heterocycles. The highest BCUT2D eigenvalue weighted by Gasteiger charge is 2.34. The van der Waals surface area contributed by atoms with Crippen LogP contribution in [0.25, 0.3) is 0 Å². The summed E-state index contributed by atoms with van der Waals surface area (Å²) in [5, 5.41) is 0. The normalized spacial score (nSPS) is 22.7. The SMILES string of the molecule is COCCN1c2cccc(OC)c2C(C)C1C. The van der Waals surface area contributed by atoms with E-state index in [0.29, 0.717) is 12.0 Å². The van der Waals surface area contributed by atoms with Gasteiger partial charge in [-0.2, -0.15) is 0 Å². The molecule has 17 heavy (non-hydrogen) atoms. The Bertz CT molecular complexity index is 392. The predicted molar refractivity (Wildman–Crippen MR) is 70.1 cm³/mol. The van der Waals surface area contributed by atoms with Crippen molar-refractivity contribution in [1.82, 2.24) is 0 Å². The van der Waals surface area contributed by atoms with Crippen molar-refractivity contribution in [3.63, 3.8) is 0 Å². The van der Waals surface area contributed by atoms with Crippen molar-refractivity contribution in [3.8, 4) is 5.75 Å². The molecule has 0 bridgehead atoms. The summed E-state index contributed by atoms with van der Waals surface area (Å²) >= 11 is 0. The predicted octanol–water partition coefficient (Wildman–Crippen LogP) is 2.65. The lowest BCUT2D eigenvalue weighted by atomic mass is 9.97. The molecule has 1 aromatic carbocycles. The number of ether oxygens (including phenoxy) is 2. The molecule has 0 saturated carbocycles. The van der Waals surface area contributed by atoms with Gasteiger partial charge >= 0.3 is 0 Å². The number of nitrogens with zero attached hydrogens (tertiary/aromatic N) is 1. The van der Waals surface area contributed by atoms with Crippen molar-refractivity contribution in [1.29, 1.82) is 0 Å². The molecule has 3 heteroatoms. The van der Waals surface area contributed by atoms with Gasteiger partial charge in [-0.05, 0) is 19.1 Å². The molecule has 0 fully saturated rings. The summed E-state index contributed by atoms with van der Waals surface area (Å²) in [5.41, 5.74) is 2.63. The molecule has 3 nitrogen and oxygen atoms in total. The first-order chi connectivity index (χ1) is 8.20. The quantitative estimate of drug-likeness (QED) is 0.801. The van der Waals surface area contributed by atoms with Gasteiger partial charge in [-0.1, -0.05) is 13.0 Å². The maximum atomic E-state index is 5.47. The summed E-state index contributed by atoms with van der Waals surface area (Å²) in [6, 6.07) is 6.77. The molecule has 0 radical (unpaired) electrons. The van der Waals surface area contributed by atoms with E-state index in [1.54, 1.807) is 14.2 Å². The molecule has 0 amide bonds. The van der Waals surface area contributed by atoms with Crippen LogP contribution in [0.3, 0.4) is 0 Å². The van der Waals surface area contributed by atoms with Crippen molar-refractivity contribution >= 4 is 5.69 Å². The van der Waals surface area contributed by atoms with Crippen LogP contribution >= 0.6 is 0 Å². The van der Waals surface area contributed by atoms with E-state index in [0.717, 1.165) is 18.9 Å². The fourth-order valence-corrected chi connectivity index (χ4v) is 2.66. The van der Waals surface area contributed by atoms with E-state index < -0.39 is 0 Å². The number of fused-ring (bicyclic) bond motifs is 1. The zero-order chi connectivity index (χ0) is 12.4. The summed E-state index contributed by atoms with van der Waals surface area (Å²) in [4.78, 5) is 2.41. The number of hydrogen-bond acceptors (Lipinski definition) is 3. The van der Waals surface area contributed by atoms with Crippen LogP contribution in [-0.2, 0) is 4.74 Å². The van der Waals surface area contributed by atoms with Gasteiger partial charge in [-0.15, -0.1) is 0 Å². The summed E-state index contributed by atoms with van der Waals surface area (Å²) < 4.78 is 10.7. The Labute approximate surface area is 103 Å². The van der Waals surface area contributed by atoms with Gasteiger partial charge in [0.2, 0.25) is 0 Å². The van der Waals surface area contributed by atoms with Crippen LogP contribution in [0.5, 0.6) is 5.75 Å². The molecule has 1 aliphatic heterocycles. The highest BCUT2D eigenvalue weighted by atomic mass is 16.5. The van der Waals surface area contributed by atoms with Gasteiger partial charge in [0.1, 0.15) is 5.75 Å². The summed E-state index contributed by atoms with van der Waals surface area (Å²) in [5.74, 6) is 1.50. The van der Waals surface area contributed by atoms with Crippen molar-refractivity contribution < 1.29 is 9.47 Å². The number of benzene rings is 1. The number of rotatable bonds is 4. The highest BCUT2D eigenvalue weighted by molar-refractivity contribution is 5.66. The number of methoxy groups -OCH3 is 2. The zero-order valence-corrected chi connectivity index (χ0v) is 11.1. The van der Waals surface area contributed by atoms with Crippen LogP contribution in [0.15, 0.2) is 18.2 Å². The average Bonchev–Trinajstić information content (AvgIpc) is 2.60. The van der Waals surface area contributed by atoms with E-state index >= 15 is 0 Å². The largest absolute Gasteiger partial charge is 0.496 e. The first-order valence-corrected chi connectivity index (χ1v) is 6.13. The molecular formula is C14H21NO2. The van der Waals surface area contributed by atoms with Crippen LogP contribution in [-0.4, -0.2) is 33.4 Å². The Morgan fingerprint density at radius 1 is 1.24 bits per heavy atom. The second kappa shape index (κ2) is 4.96. The molecule has 0 aliphatic carbocycles. The van der Waals surface area contributed by atoms with Crippen molar-refractivity contribution in [2.24, 2.45) is 0 Å². The van der Waals surface area contributed by atoms with Crippen molar-refractivity contribution in [3.05, 3.63) is 23.8 Å². The van der Waals surface area contributed by atoms with Gasteiger partial charge in [0.25, 0.3) is 0 Å². The van der Waals surface area contributed by atoms with E-state index in [-0.39, 0.29) is 0 Å². The third-order valence-corrected chi connectivity index (χ3v) is 3.78. The van der Waals surface area contributed by atoms with Gasteiger partial charge in [0.15, 0.2) is 0 Å². The van der Waals surface area contributed by atoms with Gasteiger partial charge in [0, 0.05) is 36.9 Å². The Morgan fingerprint density at radius 3 is 2.65 bits per heavy atom. The highest BCUT2D eigenvalue weighted by Crippen LogP contribution is 2.45. The number of hydrogen-bond donors (Lipinski definition) is 0. The van der Waals surface area contributed by atoms with Crippen LogP contribution in [0.1, 0.15) is 25.3 Å². The first kappa shape index (κ1) is 12.2. The monoisotopic (exact) mass is 235 g/mol. The fraction of sp³-hybridized carbons (Fsp3) is 0.571. The average molecular weight is 235 g/mol. The lowest BCUT2D eigenvalue weighted by molar-refractivity contribution is 0.203. The van der Waals surface area contributed by atoms with E-state index in [9.17, 15) is 0 Å². The molecule has 94 valence electrons. The second-order valence-electron chi connectivity index (χ2n) is 4.61. The van der Waals surface area contributed by atoms with E-state index in [2.05, 4.69) is 30.9 Å². The Kier molecular flexibility index (Phi) is 3.57. The Morgan fingerprint density at radius 2 is 2.00 bits per heavy atom. The van der Waals surface area contributed by atoms with Gasteiger partial charge in [-0.25, -0.2) is 0 Å². The molecule has 1 heterocycles. The lowest BCUT2D eigenvalue weighted by Crippen LogP contribution is -2.33. The van der Waals surface area contributed by atoms with Crippen LogP contribution in [0, 0.1) is 0 Å². The summed E-state index contributed by atoms with van der Waals surface area (Å²) in [6.07, 6.45) is 0. The maximum absolute atomic E-state index is 5.47. The second-order valence-corrected chi connectivity index (χ2v) is 4.61. The van der Waals surface area contributed by atoms with Gasteiger partial charge in [0.05, 0.1) is 13.7 Å². The molecule has 2 unspecified atom stereocenters.